The van der Waals surface area contributed by atoms with Gasteiger partial charge >= 0.3 is 0 Å². The molecule has 0 radical (unpaired) electrons. The van der Waals surface area contributed by atoms with Gasteiger partial charge in [-0.05, 0) is 38.5 Å². The highest BCUT2D eigenvalue weighted by molar-refractivity contribution is 6.53. The largest absolute Gasteiger partial charge is 0.334 e. The number of rotatable bonds is 3. The van der Waals surface area contributed by atoms with E-state index >= 15 is 0 Å². The van der Waals surface area contributed by atoms with Crippen LogP contribution in [0.5, 0.6) is 0 Å². The van der Waals surface area contributed by atoms with Crippen LogP contribution in [0.2, 0.25) is 0 Å². The molecule has 2 aromatic rings. The molecule has 0 amide bonds. The average Bonchev–Trinajstić information content (AvgIpc) is 2.69. The van der Waals surface area contributed by atoms with E-state index in [2.05, 4.69) is 67.3 Å². The Morgan fingerprint density at radius 1 is 0.926 bits per heavy atom. The van der Waals surface area contributed by atoms with E-state index in [1.54, 1.807) is 0 Å². The van der Waals surface area contributed by atoms with Crippen molar-refractivity contribution in [3.63, 3.8) is 0 Å². The number of allylic oxidation sites excluding steroid dienone is 3. The molecule has 0 fully saturated rings. The van der Waals surface area contributed by atoms with Crippen LogP contribution in [0.4, 0.5) is 5.69 Å². The van der Waals surface area contributed by atoms with Crippen molar-refractivity contribution in [3.8, 4) is 0 Å². The van der Waals surface area contributed by atoms with Gasteiger partial charge in [-0.15, -0.1) is 0 Å². The second kappa shape index (κ2) is 6.84. The fraction of sp³-hybridized carbons (Fsp3) is 0.167. The van der Waals surface area contributed by atoms with Crippen LogP contribution in [0.3, 0.4) is 0 Å². The average molecular weight is 353 g/mol. The van der Waals surface area contributed by atoms with Crippen LogP contribution in [-0.2, 0) is 0 Å². The highest BCUT2D eigenvalue weighted by Crippen LogP contribution is 2.35. The van der Waals surface area contributed by atoms with Gasteiger partial charge in [-0.1, -0.05) is 65.8 Å². The minimum absolute atomic E-state index is 0.177. The van der Waals surface area contributed by atoms with Gasteiger partial charge in [0.05, 0.1) is 23.2 Å². The van der Waals surface area contributed by atoms with Crippen LogP contribution < -0.4 is 4.90 Å². The summed E-state index contributed by atoms with van der Waals surface area (Å²) >= 11 is 0. The van der Waals surface area contributed by atoms with Crippen LogP contribution in [-0.4, -0.2) is 17.5 Å². The Balaban J connectivity index is 1.87. The molecule has 0 bridgehead atoms. The van der Waals surface area contributed by atoms with E-state index in [1.807, 2.05) is 24.3 Å². The predicted octanol–water partition coefficient (Wildman–Crippen LogP) is 5.52. The highest BCUT2D eigenvalue weighted by Gasteiger charge is 2.28. The van der Waals surface area contributed by atoms with Crippen LogP contribution in [0.15, 0.2) is 78.4 Å². The molecule has 3 nitrogen and oxygen atoms in total. The number of fused-ring (bicyclic) bond motifs is 1. The number of benzene rings is 2. The summed E-state index contributed by atoms with van der Waals surface area (Å²) in [6.45, 7) is 4.21. The lowest BCUT2D eigenvalue weighted by atomic mass is 9.89. The Bertz CT molecular complexity index is 1010. The summed E-state index contributed by atoms with van der Waals surface area (Å²) in [5.41, 5.74) is 6.97. The summed E-state index contributed by atoms with van der Waals surface area (Å²) in [4.78, 5) is 2.30. The lowest BCUT2D eigenvalue weighted by molar-refractivity contribution is 0.783. The van der Waals surface area contributed by atoms with E-state index in [-0.39, 0.29) is 17.5 Å². The molecule has 2 aliphatic carbocycles. The molecule has 1 unspecified atom stereocenters. The van der Waals surface area contributed by atoms with Crippen molar-refractivity contribution < 1.29 is 0 Å². The third-order valence-corrected chi connectivity index (χ3v) is 5.19. The molecule has 1 atom stereocenters. The SMILES string of the molecule is CC1=CCC(N(C2=CC(=N)C(=N)c3ccccc32)c2ccc(C)cc2)C=C1. The summed E-state index contributed by atoms with van der Waals surface area (Å²) in [6, 6.07) is 16.6. The third-order valence-electron chi connectivity index (χ3n) is 5.19. The minimum atomic E-state index is 0.177. The van der Waals surface area contributed by atoms with Gasteiger partial charge in [-0.25, -0.2) is 0 Å². The monoisotopic (exact) mass is 353 g/mol. The van der Waals surface area contributed by atoms with Crippen molar-refractivity contribution in [2.45, 2.75) is 26.3 Å². The van der Waals surface area contributed by atoms with Crippen molar-refractivity contribution in [2.24, 2.45) is 0 Å². The first-order valence-electron chi connectivity index (χ1n) is 9.24. The van der Waals surface area contributed by atoms with Crippen molar-refractivity contribution in [1.29, 1.82) is 10.8 Å². The van der Waals surface area contributed by atoms with Crippen LogP contribution in [0.25, 0.3) is 5.70 Å². The Labute approximate surface area is 160 Å². The van der Waals surface area contributed by atoms with Gasteiger partial charge in [0, 0.05) is 16.8 Å². The van der Waals surface area contributed by atoms with E-state index < -0.39 is 0 Å². The Morgan fingerprint density at radius 3 is 2.30 bits per heavy atom. The van der Waals surface area contributed by atoms with Crippen LogP contribution in [0, 0.1) is 17.7 Å². The van der Waals surface area contributed by atoms with Gasteiger partial charge in [-0.2, -0.15) is 0 Å². The maximum atomic E-state index is 8.33. The van der Waals surface area contributed by atoms with E-state index in [0.717, 1.165) is 28.9 Å². The lowest BCUT2D eigenvalue weighted by Crippen LogP contribution is -2.36. The molecular formula is C24H23N3. The smallest absolute Gasteiger partial charge is 0.0869 e. The Hall–Kier alpha value is -3.20. The molecule has 3 heteroatoms. The first-order chi connectivity index (χ1) is 13.0. The number of anilines is 1. The summed E-state index contributed by atoms with van der Waals surface area (Å²) < 4.78 is 0. The Kier molecular flexibility index (Phi) is 4.36. The second-order valence-corrected chi connectivity index (χ2v) is 7.18. The molecular weight excluding hydrogens is 330 g/mol. The molecule has 0 aliphatic heterocycles. The molecule has 134 valence electrons. The zero-order chi connectivity index (χ0) is 19.0. The number of nitrogens with one attached hydrogen (secondary N) is 2. The molecule has 0 aromatic heterocycles. The van der Waals surface area contributed by atoms with Crippen LogP contribution in [0.1, 0.15) is 30.0 Å². The molecule has 0 heterocycles. The van der Waals surface area contributed by atoms with Crippen molar-refractivity contribution in [2.75, 3.05) is 4.90 Å². The number of hydrogen-bond acceptors (Lipinski definition) is 3. The van der Waals surface area contributed by atoms with Crippen molar-refractivity contribution >= 4 is 22.8 Å². The lowest BCUT2D eigenvalue weighted by Gasteiger charge is -2.37. The van der Waals surface area contributed by atoms with Gasteiger partial charge < -0.3 is 4.90 Å². The van der Waals surface area contributed by atoms with Gasteiger partial charge in [0.2, 0.25) is 0 Å². The number of aryl methyl sites for hydroxylation is 1. The number of hydrogen-bond donors (Lipinski definition) is 2. The first kappa shape index (κ1) is 17.2. The standard InChI is InChI=1S/C24H23N3/c1-16-7-11-18(12-8-16)27(19-13-9-17(2)10-14-19)23-15-22(25)24(26)21-6-4-3-5-20(21)23/h3-13,15,19,25-26H,14H2,1-2H3. The fourth-order valence-electron chi connectivity index (χ4n) is 3.68. The summed E-state index contributed by atoms with van der Waals surface area (Å²) in [5.74, 6) is 0. The normalized spacial score (nSPS) is 18.7. The molecule has 0 saturated heterocycles. The molecule has 27 heavy (non-hydrogen) atoms. The van der Waals surface area contributed by atoms with Gasteiger partial charge in [-0.3, -0.25) is 10.8 Å². The van der Waals surface area contributed by atoms with Gasteiger partial charge in [0.25, 0.3) is 0 Å². The topological polar surface area (TPSA) is 50.9 Å². The predicted molar refractivity (Wildman–Crippen MR) is 114 cm³/mol. The zero-order valence-electron chi connectivity index (χ0n) is 15.7. The van der Waals surface area contributed by atoms with E-state index in [1.165, 1.54) is 11.1 Å². The maximum absolute atomic E-state index is 8.33. The third kappa shape index (κ3) is 3.17. The molecule has 2 aliphatic rings. The second-order valence-electron chi connectivity index (χ2n) is 7.18. The molecule has 0 spiro atoms. The maximum Gasteiger partial charge on any atom is 0.0869 e. The van der Waals surface area contributed by atoms with E-state index in [0.29, 0.717) is 0 Å². The minimum Gasteiger partial charge on any atom is -0.334 e. The summed E-state index contributed by atoms with van der Waals surface area (Å²) in [5, 5.41) is 16.6. The first-order valence-corrected chi connectivity index (χ1v) is 9.24. The van der Waals surface area contributed by atoms with Crippen LogP contribution >= 0.6 is 0 Å². The van der Waals surface area contributed by atoms with Gasteiger partial charge in [0.1, 0.15) is 0 Å². The van der Waals surface area contributed by atoms with Crippen molar-refractivity contribution in [3.05, 3.63) is 95.1 Å². The quantitative estimate of drug-likeness (QED) is 0.750. The van der Waals surface area contributed by atoms with E-state index in [9.17, 15) is 0 Å². The van der Waals surface area contributed by atoms with Gasteiger partial charge in [0.15, 0.2) is 0 Å². The number of nitrogens with zero attached hydrogens (tertiary/aromatic N) is 1. The fourth-order valence-corrected chi connectivity index (χ4v) is 3.68. The molecule has 2 N–H and O–H groups in total. The van der Waals surface area contributed by atoms with Crippen molar-refractivity contribution in [1.82, 2.24) is 0 Å². The zero-order valence-corrected chi connectivity index (χ0v) is 15.7. The molecule has 4 rings (SSSR count). The highest BCUT2D eigenvalue weighted by atomic mass is 15.2. The summed E-state index contributed by atoms with van der Waals surface area (Å²) in [7, 11) is 0. The molecule has 2 aromatic carbocycles. The molecule has 0 saturated carbocycles. The Morgan fingerprint density at radius 2 is 1.63 bits per heavy atom. The summed E-state index contributed by atoms with van der Waals surface area (Å²) in [6.07, 6.45) is 9.42. The van der Waals surface area contributed by atoms with E-state index in [4.69, 9.17) is 10.8 Å².